The van der Waals surface area contributed by atoms with E-state index in [1.807, 2.05) is 24.3 Å². The average molecular weight is 289 g/mol. The van der Waals surface area contributed by atoms with E-state index in [4.69, 9.17) is 9.47 Å². The number of ether oxygens (including phenoxy) is 2. The molecule has 1 saturated heterocycles. The topological polar surface area (TPSA) is 38.8 Å². The number of hydrogen-bond acceptors (Lipinski definition) is 4. The van der Waals surface area contributed by atoms with E-state index in [1.165, 1.54) is 0 Å². The third kappa shape index (κ3) is 3.83. The number of Topliss-reactive ketones (excluding diaryl/α,β-unsaturated/α-hetero) is 1. The lowest BCUT2D eigenvalue weighted by molar-refractivity contribution is -0.0163. The maximum absolute atomic E-state index is 12.6. The van der Waals surface area contributed by atoms with Crippen LogP contribution >= 0.6 is 0 Å². The smallest absolute Gasteiger partial charge is 0.193 e. The number of nitrogens with zero attached hydrogens (tertiary/aromatic N) is 1. The number of rotatable bonds is 6. The lowest BCUT2D eigenvalue weighted by atomic mass is 10.0. The number of hydrogen-bond donors (Lipinski definition) is 0. The van der Waals surface area contributed by atoms with Gasteiger partial charge in [-0.3, -0.25) is 9.69 Å². The summed E-state index contributed by atoms with van der Waals surface area (Å²) in [6.07, 6.45) is 3.35. The molecular formula is C17H23NO3. The molecule has 2 fully saturated rings. The number of ketones is 1. The second-order valence-corrected chi connectivity index (χ2v) is 5.87. The third-order valence-corrected chi connectivity index (χ3v) is 3.93. The van der Waals surface area contributed by atoms with Crippen LogP contribution in [0.3, 0.4) is 0 Å². The summed E-state index contributed by atoms with van der Waals surface area (Å²) in [6, 6.07) is 7.50. The van der Waals surface area contributed by atoms with Crippen LogP contribution in [0.5, 0.6) is 5.75 Å². The van der Waals surface area contributed by atoms with Crippen molar-refractivity contribution in [3.8, 4) is 5.75 Å². The zero-order valence-electron chi connectivity index (χ0n) is 12.6. The standard InChI is InChI=1S/C17H23NO3/c1-2-8-18-9-10-20-16(12-18)17(19)13-4-3-5-15(11-13)21-14-6-7-14/h3-5,11,14,16H,2,6-10,12H2,1H3. The molecule has 4 nitrogen and oxygen atoms in total. The third-order valence-electron chi connectivity index (χ3n) is 3.93. The van der Waals surface area contributed by atoms with E-state index in [9.17, 15) is 4.79 Å². The molecule has 0 radical (unpaired) electrons. The van der Waals surface area contributed by atoms with Crippen molar-refractivity contribution < 1.29 is 14.3 Å². The Morgan fingerprint density at radius 3 is 3.05 bits per heavy atom. The first kappa shape index (κ1) is 14.5. The average Bonchev–Trinajstić information content (AvgIpc) is 3.31. The summed E-state index contributed by atoms with van der Waals surface area (Å²) in [5, 5.41) is 0. The predicted molar refractivity (Wildman–Crippen MR) is 80.9 cm³/mol. The molecule has 3 rings (SSSR count). The first-order valence-electron chi connectivity index (χ1n) is 7.91. The molecule has 1 unspecified atom stereocenters. The van der Waals surface area contributed by atoms with Crippen molar-refractivity contribution in [3.63, 3.8) is 0 Å². The number of carbonyl (C=O) groups is 1. The van der Waals surface area contributed by atoms with Crippen molar-refractivity contribution in [2.75, 3.05) is 26.2 Å². The molecule has 0 N–H and O–H groups in total. The molecule has 0 spiro atoms. The summed E-state index contributed by atoms with van der Waals surface area (Å²) in [5.41, 5.74) is 0.691. The summed E-state index contributed by atoms with van der Waals surface area (Å²) in [5.74, 6) is 0.863. The molecule has 1 aliphatic carbocycles. The molecule has 1 aromatic carbocycles. The van der Waals surface area contributed by atoms with Crippen LogP contribution in [0.25, 0.3) is 0 Å². The highest BCUT2D eigenvalue weighted by atomic mass is 16.5. The minimum atomic E-state index is -0.346. The first-order valence-corrected chi connectivity index (χ1v) is 7.91. The molecule has 1 saturated carbocycles. The van der Waals surface area contributed by atoms with Gasteiger partial charge in [-0.15, -0.1) is 0 Å². The zero-order chi connectivity index (χ0) is 14.7. The lowest BCUT2D eigenvalue weighted by Gasteiger charge is -2.31. The molecule has 21 heavy (non-hydrogen) atoms. The van der Waals surface area contributed by atoms with Crippen molar-refractivity contribution in [2.45, 2.75) is 38.4 Å². The summed E-state index contributed by atoms with van der Waals surface area (Å²) >= 11 is 0. The molecule has 0 bridgehead atoms. The van der Waals surface area contributed by atoms with Crippen LogP contribution in [-0.4, -0.2) is 49.1 Å². The van der Waals surface area contributed by atoms with Crippen LogP contribution in [0, 0.1) is 0 Å². The van der Waals surface area contributed by atoms with Crippen LogP contribution in [0.15, 0.2) is 24.3 Å². The molecule has 4 heteroatoms. The van der Waals surface area contributed by atoms with Gasteiger partial charge in [0.05, 0.1) is 12.7 Å². The summed E-state index contributed by atoms with van der Waals surface area (Å²) in [6.45, 7) is 5.43. The van der Waals surface area contributed by atoms with Crippen LogP contribution < -0.4 is 4.74 Å². The van der Waals surface area contributed by atoms with E-state index in [1.54, 1.807) is 0 Å². The van der Waals surface area contributed by atoms with E-state index >= 15 is 0 Å². The highest BCUT2D eigenvalue weighted by molar-refractivity contribution is 6.00. The fourth-order valence-corrected chi connectivity index (χ4v) is 2.67. The Morgan fingerprint density at radius 1 is 1.43 bits per heavy atom. The second-order valence-electron chi connectivity index (χ2n) is 5.87. The Morgan fingerprint density at radius 2 is 2.29 bits per heavy atom. The Kier molecular flexibility index (Phi) is 4.56. The Bertz CT molecular complexity index is 497. The van der Waals surface area contributed by atoms with E-state index in [0.29, 0.717) is 24.8 Å². The first-order chi connectivity index (χ1) is 10.3. The molecular weight excluding hydrogens is 266 g/mol. The van der Waals surface area contributed by atoms with E-state index < -0.39 is 0 Å². The van der Waals surface area contributed by atoms with Crippen molar-refractivity contribution in [1.82, 2.24) is 4.90 Å². The monoisotopic (exact) mass is 289 g/mol. The fourth-order valence-electron chi connectivity index (χ4n) is 2.67. The Hall–Kier alpha value is -1.39. The zero-order valence-corrected chi connectivity index (χ0v) is 12.6. The quantitative estimate of drug-likeness (QED) is 0.754. The van der Waals surface area contributed by atoms with Crippen molar-refractivity contribution >= 4 is 5.78 Å². The number of carbonyl (C=O) groups excluding carboxylic acids is 1. The van der Waals surface area contributed by atoms with E-state index in [-0.39, 0.29) is 11.9 Å². The second kappa shape index (κ2) is 6.58. The van der Waals surface area contributed by atoms with Gasteiger partial charge in [0.1, 0.15) is 11.9 Å². The molecule has 0 amide bonds. The molecule has 0 aromatic heterocycles. The van der Waals surface area contributed by atoms with Gasteiger partial charge in [-0.05, 0) is 37.9 Å². The van der Waals surface area contributed by atoms with Gasteiger partial charge in [-0.2, -0.15) is 0 Å². The van der Waals surface area contributed by atoms with Gasteiger partial charge in [-0.1, -0.05) is 19.1 Å². The van der Waals surface area contributed by atoms with Crippen LogP contribution in [0.2, 0.25) is 0 Å². The maximum Gasteiger partial charge on any atom is 0.193 e. The van der Waals surface area contributed by atoms with Crippen molar-refractivity contribution in [3.05, 3.63) is 29.8 Å². The molecule has 1 heterocycles. The van der Waals surface area contributed by atoms with Gasteiger partial charge >= 0.3 is 0 Å². The summed E-state index contributed by atoms with van der Waals surface area (Å²) in [4.78, 5) is 14.9. The van der Waals surface area contributed by atoms with Gasteiger partial charge < -0.3 is 9.47 Å². The van der Waals surface area contributed by atoms with Gasteiger partial charge in [0.15, 0.2) is 5.78 Å². The normalized spacial score (nSPS) is 23.0. The number of morpholine rings is 1. The Balaban J connectivity index is 1.65. The SMILES string of the molecule is CCCN1CCOC(C(=O)c2cccc(OC3CC3)c2)C1. The molecule has 1 atom stereocenters. The van der Waals surface area contributed by atoms with Crippen LogP contribution in [-0.2, 0) is 4.74 Å². The van der Waals surface area contributed by atoms with E-state index in [0.717, 1.165) is 38.1 Å². The largest absolute Gasteiger partial charge is 0.490 e. The van der Waals surface area contributed by atoms with Crippen LogP contribution in [0.1, 0.15) is 36.5 Å². The maximum atomic E-state index is 12.6. The highest BCUT2D eigenvalue weighted by Gasteiger charge is 2.28. The molecule has 2 aliphatic rings. The van der Waals surface area contributed by atoms with Gasteiger partial charge in [0, 0.05) is 18.7 Å². The summed E-state index contributed by atoms with van der Waals surface area (Å²) in [7, 11) is 0. The van der Waals surface area contributed by atoms with Crippen molar-refractivity contribution in [2.24, 2.45) is 0 Å². The van der Waals surface area contributed by atoms with Crippen molar-refractivity contribution in [1.29, 1.82) is 0 Å². The molecule has 1 aromatic rings. The molecule has 1 aliphatic heterocycles. The lowest BCUT2D eigenvalue weighted by Crippen LogP contribution is -2.46. The summed E-state index contributed by atoms with van der Waals surface area (Å²) < 4.78 is 11.4. The highest BCUT2D eigenvalue weighted by Crippen LogP contribution is 2.27. The van der Waals surface area contributed by atoms with Gasteiger partial charge in [0.2, 0.25) is 0 Å². The minimum Gasteiger partial charge on any atom is -0.490 e. The van der Waals surface area contributed by atoms with Gasteiger partial charge in [-0.25, -0.2) is 0 Å². The minimum absolute atomic E-state index is 0.0667. The molecule has 114 valence electrons. The predicted octanol–water partition coefficient (Wildman–Crippen LogP) is 2.52. The van der Waals surface area contributed by atoms with E-state index in [2.05, 4.69) is 11.8 Å². The van der Waals surface area contributed by atoms with Gasteiger partial charge in [0.25, 0.3) is 0 Å². The fraction of sp³-hybridized carbons (Fsp3) is 0.588. The number of benzene rings is 1. The Labute approximate surface area is 126 Å². The van der Waals surface area contributed by atoms with Crippen LogP contribution in [0.4, 0.5) is 0 Å².